The third-order valence-corrected chi connectivity index (χ3v) is 7.94. The molecule has 0 spiro atoms. The van der Waals surface area contributed by atoms with Crippen molar-refractivity contribution in [1.82, 2.24) is 0 Å². The highest BCUT2D eigenvalue weighted by Gasteiger charge is 2.33. The minimum atomic E-state index is -1.52. The predicted molar refractivity (Wildman–Crippen MR) is 67.5 cm³/mol. The van der Waals surface area contributed by atoms with Crippen LogP contribution in [0.5, 0.6) is 0 Å². The van der Waals surface area contributed by atoms with Crippen molar-refractivity contribution in [2.45, 2.75) is 56.9 Å². The van der Waals surface area contributed by atoms with Gasteiger partial charge in [-0.2, -0.15) is 0 Å². The zero-order chi connectivity index (χ0) is 11.2. The van der Waals surface area contributed by atoms with Crippen LogP contribution >= 0.6 is 15.9 Å². The lowest BCUT2D eigenvalue weighted by Crippen LogP contribution is -2.43. The van der Waals surface area contributed by atoms with E-state index in [-0.39, 0.29) is 11.1 Å². The van der Waals surface area contributed by atoms with E-state index in [4.69, 9.17) is 9.16 Å². The number of halogens is 1. The summed E-state index contributed by atoms with van der Waals surface area (Å²) in [5, 5.41) is 0. The first-order chi connectivity index (χ1) is 6.55. The molecule has 0 aromatic heterocycles. The van der Waals surface area contributed by atoms with E-state index in [1.54, 1.807) is 7.11 Å². The zero-order valence-corrected chi connectivity index (χ0v) is 12.6. The van der Waals surface area contributed by atoms with Gasteiger partial charge >= 0.3 is 0 Å². The molecule has 0 aliphatic carbocycles. The first-order valence-corrected chi connectivity index (χ1v) is 8.84. The monoisotopic (exact) mass is 282 g/mol. The second-order valence-electron chi connectivity index (χ2n) is 3.64. The van der Waals surface area contributed by atoms with Gasteiger partial charge in [-0.3, -0.25) is 0 Å². The van der Waals surface area contributed by atoms with Crippen molar-refractivity contribution in [3.05, 3.63) is 0 Å². The highest BCUT2D eigenvalue weighted by Crippen LogP contribution is 2.25. The second-order valence-corrected chi connectivity index (χ2v) is 9.81. The van der Waals surface area contributed by atoms with Crippen LogP contribution in [0, 0.1) is 0 Å². The Balaban J connectivity index is 4.39. The van der Waals surface area contributed by atoms with Gasteiger partial charge < -0.3 is 9.16 Å². The van der Waals surface area contributed by atoms with Crippen molar-refractivity contribution in [1.29, 1.82) is 0 Å². The third kappa shape index (κ3) is 4.01. The highest BCUT2D eigenvalue weighted by molar-refractivity contribution is 9.09. The molecule has 0 bridgehead atoms. The number of alkyl halides is 1. The molecule has 0 aliphatic heterocycles. The number of hydrogen-bond acceptors (Lipinski definition) is 2. The average molecular weight is 283 g/mol. The molecule has 4 heteroatoms. The molecule has 0 aromatic rings. The molecule has 14 heavy (non-hydrogen) atoms. The largest absolute Gasteiger partial charge is 0.391 e. The van der Waals surface area contributed by atoms with Crippen LogP contribution in [0.1, 0.15) is 27.7 Å². The van der Waals surface area contributed by atoms with Gasteiger partial charge in [-0.05, 0) is 25.1 Å². The van der Waals surface area contributed by atoms with Crippen LogP contribution in [-0.2, 0) is 9.16 Å². The van der Waals surface area contributed by atoms with Gasteiger partial charge in [0, 0.05) is 7.11 Å². The van der Waals surface area contributed by atoms with E-state index in [0.717, 1.165) is 0 Å². The Labute approximate surface area is 97.6 Å². The van der Waals surface area contributed by atoms with E-state index >= 15 is 0 Å². The summed E-state index contributed by atoms with van der Waals surface area (Å²) in [4.78, 5) is 0.254. The normalized spacial score (nSPS) is 16.7. The fourth-order valence-electron chi connectivity index (χ4n) is 1.58. The second kappa shape index (κ2) is 6.98. The molecular weight excluding hydrogens is 260 g/mol. The molecule has 0 aliphatic rings. The van der Waals surface area contributed by atoms with Gasteiger partial charge in [0.15, 0.2) is 14.6 Å². The molecule has 0 rings (SSSR count). The summed E-state index contributed by atoms with van der Waals surface area (Å²) < 4.78 is 11.5. The van der Waals surface area contributed by atoms with Gasteiger partial charge in [-0.15, -0.1) is 0 Å². The SMILES string of the molecule is CC[Si](CC)(CC)OC(OC)C(C)Br. The van der Waals surface area contributed by atoms with Crippen molar-refractivity contribution in [2.24, 2.45) is 0 Å². The van der Waals surface area contributed by atoms with E-state index < -0.39 is 8.32 Å². The van der Waals surface area contributed by atoms with Gasteiger partial charge in [0.25, 0.3) is 0 Å². The lowest BCUT2D eigenvalue weighted by molar-refractivity contribution is -0.0575. The minimum absolute atomic E-state index is 0.0958. The summed E-state index contributed by atoms with van der Waals surface area (Å²) >= 11 is 3.51. The molecule has 0 fully saturated rings. The van der Waals surface area contributed by atoms with E-state index in [9.17, 15) is 0 Å². The molecule has 0 saturated carbocycles. The molecule has 2 nitrogen and oxygen atoms in total. The molecule has 0 N–H and O–H groups in total. The Morgan fingerprint density at radius 2 is 1.57 bits per heavy atom. The zero-order valence-electron chi connectivity index (χ0n) is 9.97. The summed E-state index contributed by atoms with van der Waals surface area (Å²) in [6, 6.07) is 3.50. The fraction of sp³-hybridized carbons (Fsp3) is 1.00. The summed E-state index contributed by atoms with van der Waals surface area (Å²) in [5.41, 5.74) is 0. The van der Waals surface area contributed by atoms with Crippen LogP contribution < -0.4 is 0 Å². The predicted octanol–water partition coefficient (Wildman–Crippen LogP) is 3.76. The Kier molecular flexibility index (Phi) is 7.29. The molecule has 0 radical (unpaired) electrons. The van der Waals surface area contributed by atoms with Crippen molar-refractivity contribution < 1.29 is 9.16 Å². The smallest absolute Gasteiger partial charge is 0.195 e. The van der Waals surface area contributed by atoms with Crippen LogP contribution in [0.4, 0.5) is 0 Å². The highest BCUT2D eigenvalue weighted by atomic mass is 79.9. The van der Waals surface area contributed by atoms with E-state index in [2.05, 4.69) is 43.6 Å². The van der Waals surface area contributed by atoms with Gasteiger partial charge in [0.1, 0.15) is 0 Å². The first kappa shape index (κ1) is 14.6. The minimum Gasteiger partial charge on any atom is -0.391 e. The number of hydrogen-bond donors (Lipinski definition) is 0. The summed E-state index contributed by atoms with van der Waals surface area (Å²) in [5.74, 6) is 0. The van der Waals surface area contributed by atoms with Gasteiger partial charge in [-0.25, -0.2) is 0 Å². The summed E-state index contributed by atoms with van der Waals surface area (Å²) in [7, 11) is 0.192. The lowest BCUT2D eigenvalue weighted by Gasteiger charge is -2.33. The van der Waals surface area contributed by atoms with Crippen LogP contribution in [0.3, 0.4) is 0 Å². The molecule has 86 valence electrons. The fourth-order valence-corrected chi connectivity index (χ4v) is 4.89. The lowest BCUT2D eigenvalue weighted by atomic mass is 10.5. The molecule has 2 unspecified atom stereocenters. The molecular formula is C10H23BrO2Si. The van der Waals surface area contributed by atoms with Gasteiger partial charge in [-0.1, -0.05) is 36.7 Å². The molecule has 0 heterocycles. The quantitative estimate of drug-likeness (QED) is 0.402. The van der Waals surface area contributed by atoms with Crippen molar-refractivity contribution in [3.63, 3.8) is 0 Å². The first-order valence-electron chi connectivity index (χ1n) is 5.39. The van der Waals surface area contributed by atoms with Crippen molar-refractivity contribution >= 4 is 24.2 Å². The molecule has 0 aromatic carbocycles. The van der Waals surface area contributed by atoms with Crippen LogP contribution in [-0.4, -0.2) is 26.5 Å². The number of ether oxygens (including phenoxy) is 1. The number of methoxy groups -OCH3 is 1. The molecule has 2 atom stereocenters. The van der Waals surface area contributed by atoms with Crippen molar-refractivity contribution in [3.8, 4) is 0 Å². The van der Waals surface area contributed by atoms with Gasteiger partial charge in [0.2, 0.25) is 0 Å². The van der Waals surface area contributed by atoms with Crippen LogP contribution in [0.25, 0.3) is 0 Å². The Hall–Kier alpha value is 0.617. The Morgan fingerprint density at radius 1 is 1.14 bits per heavy atom. The maximum atomic E-state index is 6.17. The maximum Gasteiger partial charge on any atom is 0.195 e. The topological polar surface area (TPSA) is 18.5 Å². The van der Waals surface area contributed by atoms with Crippen LogP contribution in [0.2, 0.25) is 18.1 Å². The third-order valence-electron chi connectivity index (χ3n) is 2.91. The number of rotatable bonds is 7. The summed E-state index contributed by atoms with van der Waals surface area (Å²) in [6.45, 7) is 8.74. The van der Waals surface area contributed by atoms with E-state index in [1.807, 2.05) is 0 Å². The molecule has 0 amide bonds. The average Bonchev–Trinajstić information content (AvgIpc) is 2.20. The standard InChI is InChI=1S/C10H23BrO2Si/c1-6-14(7-2,8-3)13-10(12-5)9(4)11/h9-10H,6-8H2,1-5H3. The van der Waals surface area contributed by atoms with Crippen LogP contribution in [0.15, 0.2) is 0 Å². The Bertz CT molecular complexity index is 141. The summed E-state index contributed by atoms with van der Waals surface area (Å²) in [6.07, 6.45) is -0.0958. The maximum absolute atomic E-state index is 6.17. The van der Waals surface area contributed by atoms with Gasteiger partial charge in [0.05, 0.1) is 4.83 Å². The molecule has 0 saturated heterocycles. The van der Waals surface area contributed by atoms with E-state index in [0.29, 0.717) is 0 Å². The van der Waals surface area contributed by atoms with Crippen molar-refractivity contribution in [2.75, 3.05) is 7.11 Å². The van der Waals surface area contributed by atoms with E-state index in [1.165, 1.54) is 18.1 Å². The Morgan fingerprint density at radius 3 is 1.79 bits per heavy atom.